The summed E-state index contributed by atoms with van der Waals surface area (Å²) in [4.78, 5) is 25.8. The van der Waals surface area contributed by atoms with E-state index in [9.17, 15) is 14.7 Å². The quantitative estimate of drug-likeness (QED) is 0.822. The van der Waals surface area contributed by atoms with Crippen LogP contribution in [0.25, 0.3) is 0 Å². The van der Waals surface area contributed by atoms with Crippen LogP contribution in [0.15, 0.2) is 30.3 Å². The lowest BCUT2D eigenvalue weighted by Gasteiger charge is -2.20. The van der Waals surface area contributed by atoms with Crippen molar-refractivity contribution in [2.45, 2.75) is 32.3 Å². The summed E-state index contributed by atoms with van der Waals surface area (Å²) in [5.74, 6) is -0.442. The van der Waals surface area contributed by atoms with Crippen LogP contribution in [0.4, 0.5) is 0 Å². The number of carbonyl (C=O) groups excluding carboxylic acids is 2. The molecule has 2 N–H and O–H groups in total. The molecule has 0 aromatic heterocycles. The van der Waals surface area contributed by atoms with Gasteiger partial charge < -0.3 is 15.3 Å². The monoisotopic (exact) mass is 304 g/mol. The molecule has 1 aromatic carbocycles. The van der Waals surface area contributed by atoms with E-state index in [0.717, 1.165) is 6.42 Å². The first kappa shape index (κ1) is 16.5. The maximum absolute atomic E-state index is 12.1. The molecule has 2 rings (SSSR count). The number of likely N-dealkylation sites (tertiary alicyclic amines) is 1. The van der Waals surface area contributed by atoms with Gasteiger partial charge in [-0.3, -0.25) is 9.59 Å². The zero-order chi connectivity index (χ0) is 16.2. The van der Waals surface area contributed by atoms with Gasteiger partial charge in [0.1, 0.15) is 0 Å². The van der Waals surface area contributed by atoms with E-state index in [2.05, 4.69) is 5.32 Å². The molecule has 1 unspecified atom stereocenters. The lowest BCUT2D eigenvalue weighted by molar-refractivity contribution is -0.129. The van der Waals surface area contributed by atoms with Crippen molar-refractivity contribution in [3.05, 3.63) is 35.9 Å². The summed E-state index contributed by atoms with van der Waals surface area (Å²) in [6.07, 6.45) is 1.05. The van der Waals surface area contributed by atoms with Crippen LogP contribution in [0.2, 0.25) is 0 Å². The Hall–Kier alpha value is -1.88. The van der Waals surface area contributed by atoms with Crippen molar-refractivity contribution in [3.63, 3.8) is 0 Å². The van der Waals surface area contributed by atoms with Crippen LogP contribution in [0.1, 0.15) is 25.8 Å². The number of hydrogen-bond acceptors (Lipinski definition) is 3. The van der Waals surface area contributed by atoms with E-state index in [1.165, 1.54) is 5.56 Å². The number of benzene rings is 1. The Balaban J connectivity index is 1.81. The number of amides is 2. The van der Waals surface area contributed by atoms with E-state index in [4.69, 9.17) is 0 Å². The number of aliphatic hydroxyl groups is 1. The van der Waals surface area contributed by atoms with Gasteiger partial charge in [-0.05, 0) is 25.8 Å². The molecule has 0 spiro atoms. The standard InChI is InChI=1S/C17H24N2O3/c1-17(2,22)12-18-16(21)14-10-15(20)19(11-14)9-8-13-6-4-3-5-7-13/h3-7,14,22H,8-12H2,1-2H3,(H,18,21). The normalized spacial score (nSPS) is 18.6. The van der Waals surface area contributed by atoms with Crippen LogP contribution >= 0.6 is 0 Å². The molecule has 2 amide bonds. The van der Waals surface area contributed by atoms with Crippen LogP contribution < -0.4 is 5.32 Å². The predicted molar refractivity (Wildman–Crippen MR) is 84.1 cm³/mol. The van der Waals surface area contributed by atoms with Crippen molar-refractivity contribution >= 4 is 11.8 Å². The number of rotatable bonds is 6. The maximum atomic E-state index is 12.1. The third-order valence-corrected chi connectivity index (χ3v) is 3.79. The molecule has 1 atom stereocenters. The van der Waals surface area contributed by atoms with E-state index in [0.29, 0.717) is 13.1 Å². The van der Waals surface area contributed by atoms with Gasteiger partial charge in [-0.1, -0.05) is 30.3 Å². The third-order valence-electron chi connectivity index (χ3n) is 3.79. The summed E-state index contributed by atoms with van der Waals surface area (Å²) in [5.41, 5.74) is 0.246. The zero-order valence-corrected chi connectivity index (χ0v) is 13.2. The summed E-state index contributed by atoms with van der Waals surface area (Å²) in [6.45, 7) is 4.57. The number of nitrogens with one attached hydrogen (secondary N) is 1. The van der Waals surface area contributed by atoms with Gasteiger partial charge >= 0.3 is 0 Å². The van der Waals surface area contributed by atoms with Crippen molar-refractivity contribution in [2.24, 2.45) is 5.92 Å². The van der Waals surface area contributed by atoms with Crippen LogP contribution in [0.3, 0.4) is 0 Å². The van der Waals surface area contributed by atoms with E-state index < -0.39 is 5.60 Å². The van der Waals surface area contributed by atoms with E-state index in [1.54, 1.807) is 18.7 Å². The van der Waals surface area contributed by atoms with Crippen LogP contribution in [-0.2, 0) is 16.0 Å². The van der Waals surface area contributed by atoms with Crippen molar-refractivity contribution < 1.29 is 14.7 Å². The topological polar surface area (TPSA) is 69.6 Å². The summed E-state index contributed by atoms with van der Waals surface area (Å²) in [6, 6.07) is 10.00. The van der Waals surface area contributed by atoms with E-state index >= 15 is 0 Å². The predicted octanol–water partition coefficient (Wildman–Crippen LogP) is 0.965. The molecule has 120 valence electrons. The average Bonchev–Trinajstić information content (AvgIpc) is 2.84. The van der Waals surface area contributed by atoms with Crippen molar-refractivity contribution in [2.75, 3.05) is 19.6 Å². The fourth-order valence-electron chi connectivity index (χ4n) is 2.52. The van der Waals surface area contributed by atoms with Crippen LogP contribution in [0, 0.1) is 5.92 Å². The molecule has 5 nitrogen and oxygen atoms in total. The lowest BCUT2D eigenvalue weighted by Crippen LogP contribution is -2.41. The smallest absolute Gasteiger partial charge is 0.225 e. The molecule has 1 aliphatic rings. The van der Waals surface area contributed by atoms with Crippen LogP contribution in [-0.4, -0.2) is 47.1 Å². The Labute approximate surface area is 131 Å². The Morgan fingerprint density at radius 2 is 2.05 bits per heavy atom. The summed E-state index contributed by atoms with van der Waals surface area (Å²) >= 11 is 0. The van der Waals surface area contributed by atoms with Crippen molar-refractivity contribution in [3.8, 4) is 0 Å². The first-order valence-electron chi connectivity index (χ1n) is 7.67. The summed E-state index contributed by atoms with van der Waals surface area (Å²) in [7, 11) is 0. The third kappa shape index (κ3) is 4.84. The molecule has 0 radical (unpaired) electrons. The van der Waals surface area contributed by atoms with Gasteiger partial charge in [0.25, 0.3) is 0 Å². The highest BCUT2D eigenvalue weighted by Crippen LogP contribution is 2.18. The van der Waals surface area contributed by atoms with Crippen molar-refractivity contribution in [1.82, 2.24) is 10.2 Å². The SMILES string of the molecule is CC(C)(O)CNC(=O)C1CC(=O)N(CCc2ccccc2)C1. The highest BCUT2D eigenvalue weighted by Gasteiger charge is 2.34. The molecule has 1 fully saturated rings. The second-order valence-corrected chi connectivity index (χ2v) is 6.51. The summed E-state index contributed by atoms with van der Waals surface area (Å²) < 4.78 is 0. The number of nitrogens with zero attached hydrogens (tertiary/aromatic N) is 1. The van der Waals surface area contributed by atoms with Gasteiger partial charge in [0, 0.05) is 26.1 Å². The number of hydrogen-bond donors (Lipinski definition) is 2. The highest BCUT2D eigenvalue weighted by atomic mass is 16.3. The molecule has 0 saturated carbocycles. The zero-order valence-electron chi connectivity index (χ0n) is 13.2. The average molecular weight is 304 g/mol. The molecule has 1 aliphatic heterocycles. The Bertz CT molecular complexity index is 522. The molecule has 1 aromatic rings. The molecule has 22 heavy (non-hydrogen) atoms. The minimum Gasteiger partial charge on any atom is -0.389 e. The second-order valence-electron chi connectivity index (χ2n) is 6.51. The molecular weight excluding hydrogens is 280 g/mol. The fraction of sp³-hybridized carbons (Fsp3) is 0.529. The van der Waals surface area contributed by atoms with Gasteiger partial charge in [-0.25, -0.2) is 0 Å². The minimum atomic E-state index is -0.939. The Morgan fingerprint density at radius 1 is 1.36 bits per heavy atom. The van der Waals surface area contributed by atoms with Gasteiger partial charge in [-0.2, -0.15) is 0 Å². The first-order chi connectivity index (χ1) is 10.3. The van der Waals surface area contributed by atoms with Crippen molar-refractivity contribution in [1.29, 1.82) is 0 Å². The maximum Gasteiger partial charge on any atom is 0.225 e. The molecular formula is C17H24N2O3. The molecule has 1 heterocycles. The van der Waals surface area contributed by atoms with E-state index in [-0.39, 0.29) is 30.7 Å². The van der Waals surface area contributed by atoms with Gasteiger partial charge in [0.2, 0.25) is 11.8 Å². The van der Waals surface area contributed by atoms with Gasteiger partial charge in [0.05, 0.1) is 11.5 Å². The minimum absolute atomic E-state index is 0.0272. The Kier molecular flexibility index (Phi) is 5.19. The largest absolute Gasteiger partial charge is 0.389 e. The molecule has 0 aliphatic carbocycles. The summed E-state index contributed by atoms with van der Waals surface area (Å²) in [5, 5.41) is 12.3. The second kappa shape index (κ2) is 6.92. The molecule has 0 bridgehead atoms. The lowest BCUT2D eigenvalue weighted by atomic mass is 10.1. The van der Waals surface area contributed by atoms with E-state index in [1.807, 2.05) is 30.3 Å². The number of carbonyl (C=O) groups is 2. The van der Waals surface area contributed by atoms with Gasteiger partial charge in [-0.15, -0.1) is 0 Å². The van der Waals surface area contributed by atoms with Crippen LogP contribution in [0.5, 0.6) is 0 Å². The fourth-order valence-corrected chi connectivity index (χ4v) is 2.52. The first-order valence-corrected chi connectivity index (χ1v) is 7.67. The highest BCUT2D eigenvalue weighted by molar-refractivity contribution is 5.89. The Morgan fingerprint density at radius 3 is 2.68 bits per heavy atom. The van der Waals surface area contributed by atoms with Gasteiger partial charge in [0.15, 0.2) is 0 Å². The molecule has 1 saturated heterocycles. The molecule has 5 heteroatoms.